The highest BCUT2D eigenvalue weighted by Gasteiger charge is 2.33. The number of carbonyl (C=O) groups excluding carboxylic acids is 2. The van der Waals surface area contributed by atoms with E-state index < -0.39 is 28.5 Å². The van der Waals surface area contributed by atoms with Gasteiger partial charge < -0.3 is 10.2 Å². The molecule has 1 fully saturated rings. The quantitative estimate of drug-likeness (QED) is 0.425. The molecule has 1 aliphatic carbocycles. The van der Waals surface area contributed by atoms with Gasteiger partial charge in [0.2, 0.25) is 21.8 Å². The summed E-state index contributed by atoms with van der Waals surface area (Å²) in [6, 6.07) is 9.81. The lowest BCUT2D eigenvalue weighted by atomic mass is 10.1. The van der Waals surface area contributed by atoms with Crippen LogP contribution in [0.15, 0.2) is 36.4 Å². The Kier molecular flexibility index (Phi) is 9.89. The molecule has 0 aromatic heterocycles. The molecule has 37 heavy (non-hydrogen) atoms. The van der Waals surface area contributed by atoms with Crippen molar-refractivity contribution in [2.45, 2.75) is 71.5 Å². The molecule has 3 rings (SSSR count). The Hall–Kier alpha value is -2.29. The summed E-state index contributed by atoms with van der Waals surface area (Å²) in [5, 5.41) is 3.81. The van der Waals surface area contributed by atoms with Gasteiger partial charge in [0, 0.05) is 12.6 Å². The smallest absolute Gasteiger partial charge is 0.244 e. The van der Waals surface area contributed by atoms with E-state index in [-0.39, 0.29) is 18.5 Å². The molecule has 1 unspecified atom stereocenters. The highest BCUT2D eigenvalue weighted by molar-refractivity contribution is 7.92. The predicted molar refractivity (Wildman–Crippen MR) is 150 cm³/mol. The third kappa shape index (κ3) is 7.39. The topological polar surface area (TPSA) is 86.8 Å². The second-order valence-electron chi connectivity index (χ2n) is 9.69. The fourth-order valence-corrected chi connectivity index (χ4v) is 6.18. The zero-order chi connectivity index (χ0) is 27.3. The lowest BCUT2D eigenvalue weighted by Crippen LogP contribution is -2.53. The number of para-hydroxylation sites is 1. The predicted octanol–water partition coefficient (Wildman–Crippen LogP) is 5.24. The fraction of sp³-hybridized carbons (Fsp3) is 0.481. The van der Waals surface area contributed by atoms with Crippen LogP contribution < -0.4 is 9.62 Å². The molecule has 1 N–H and O–H groups in total. The Labute approximate surface area is 230 Å². The Bertz CT molecular complexity index is 1230. The van der Waals surface area contributed by atoms with E-state index in [4.69, 9.17) is 23.2 Å². The zero-order valence-corrected chi connectivity index (χ0v) is 24.1. The number of nitrogens with zero attached hydrogens (tertiary/aromatic N) is 2. The number of sulfonamides is 1. The van der Waals surface area contributed by atoms with Gasteiger partial charge in [-0.25, -0.2) is 8.42 Å². The molecule has 0 radical (unpaired) electrons. The van der Waals surface area contributed by atoms with Crippen LogP contribution in [0.3, 0.4) is 0 Å². The fourth-order valence-electron chi connectivity index (χ4n) is 4.90. The number of amides is 2. The third-order valence-electron chi connectivity index (χ3n) is 6.79. The average Bonchev–Trinajstić information content (AvgIpc) is 3.32. The second-order valence-corrected chi connectivity index (χ2v) is 12.4. The largest absolute Gasteiger partial charge is 0.352 e. The first-order valence-corrected chi connectivity index (χ1v) is 15.1. The number of carbonyl (C=O) groups is 2. The molecule has 2 amide bonds. The average molecular weight is 569 g/mol. The van der Waals surface area contributed by atoms with E-state index in [1.807, 2.05) is 39.0 Å². The molecule has 2 aromatic carbocycles. The van der Waals surface area contributed by atoms with E-state index in [1.165, 1.54) is 4.90 Å². The van der Waals surface area contributed by atoms with Crippen LogP contribution in [0, 0.1) is 13.8 Å². The molecule has 1 aliphatic rings. The highest BCUT2D eigenvalue weighted by atomic mass is 35.5. The van der Waals surface area contributed by atoms with Crippen molar-refractivity contribution in [3.8, 4) is 0 Å². The monoisotopic (exact) mass is 567 g/mol. The van der Waals surface area contributed by atoms with Gasteiger partial charge in [0.15, 0.2) is 0 Å². The molecule has 0 aliphatic heterocycles. The molecule has 7 nitrogen and oxygen atoms in total. The van der Waals surface area contributed by atoms with E-state index in [1.54, 1.807) is 18.2 Å². The number of halogens is 2. The highest BCUT2D eigenvalue weighted by Crippen LogP contribution is 2.28. The van der Waals surface area contributed by atoms with Gasteiger partial charge in [0.1, 0.15) is 12.6 Å². The second kappa shape index (κ2) is 12.5. The third-order valence-corrected chi connectivity index (χ3v) is 8.64. The Morgan fingerprint density at radius 3 is 2.22 bits per heavy atom. The standard InChI is InChI=1S/C27H35Cl2N3O4S/c1-5-24(27(34)30-21-11-6-7-12-21)31(16-20-13-14-22(28)23(29)15-20)25(33)17-32(37(4,35)36)26-18(2)9-8-10-19(26)3/h8-10,13-15,21,24H,5-7,11-12,16-17H2,1-4H3,(H,30,34). The molecule has 10 heteroatoms. The summed E-state index contributed by atoms with van der Waals surface area (Å²) in [4.78, 5) is 28.7. The Morgan fingerprint density at radius 1 is 1.05 bits per heavy atom. The summed E-state index contributed by atoms with van der Waals surface area (Å²) in [5.41, 5.74) is 2.63. The van der Waals surface area contributed by atoms with Gasteiger partial charge in [-0.05, 0) is 61.9 Å². The zero-order valence-electron chi connectivity index (χ0n) is 21.8. The number of aryl methyl sites for hydroxylation is 2. The molecular formula is C27H35Cl2N3O4S. The summed E-state index contributed by atoms with van der Waals surface area (Å²) in [6.45, 7) is 5.11. The van der Waals surface area contributed by atoms with Gasteiger partial charge >= 0.3 is 0 Å². The Morgan fingerprint density at radius 2 is 1.68 bits per heavy atom. The molecule has 0 spiro atoms. The van der Waals surface area contributed by atoms with Gasteiger partial charge in [-0.15, -0.1) is 0 Å². The molecule has 1 saturated carbocycles. The molecule has 202 valence electrons. The maximum atomic E-state index is 13.9. The van der Waals surface area contributed by atoms with Crippen LogP contribution in [0.25, 0.3) is 0 Å². The molecular weight excluding hydrogens is 533 g/mol. The van der Waals surface area contributed by atoms with E-state index in [9.17, 15) is 18.0 Å². The maximum Gasteiger partial charge on any atom is 0.244 e. The normalized spacial score (nSPS) is 14.9. The summed E-state index contributed by atoms with van der Waals surface area (Å²) in [6.07, 6.45) is 5.40. The minimum Gasteiger partial charge on any atom is -0.352 e. The first kappa shape index (κ1) is 29.3. The number of hydrogen-bond donors (Lipinski definition) is 1. The van der Waals surface area contributed by atoms with Crippen LogP contribution >= 0.6 is 23.2 Å². The number of nitrogens with one attached hydrogen (secondary N) is 1. The molecule has 2 aromatic rings. The minimum atomic E-state index is -3.80. The number of hydrogen-bond acceptors (Lipinski definition) is 4. The van der Waals surface area contributed by atoms with Crippen LogP contribution in [0.4, 0.5) is 5.69 Å². The van der Waals surface area contributed by atoms with Crippen LogP contribution in [-0.4, -0.2) is 50.0 Å². The maximum absolute atomic E-state index is 13.9. The Balaban J connectivity index is 1.98. The SMILES string of the molecule is CCC(C(=O)NC1CCCC1)N(Cc1ccc(Cl)c(Cl)c1)C(=O)CN(c1c(C)cccc1C)S(C)(=O)=O. The van der Waals surface area contributed by atoms with Crippen molar-refractivity contribution < 1.29 is 18.0 Å². The molecule has 1 atom stereocenters. The van der Waals surface area contributed by atoms with E-state index >= 15 is 0 Å². The van der Waals surface area contributed by atoms with Crippen molar-refractivity contribution in [1.29, 1.82) is 0 Å². The van der Waals surface area contributed by atoms with Gasteiger partial charge in [0.05, 0.1) is 22.0 Å². The summed E-state index contributed by atoms with van der Waals surface area (Å²) >= 11 is 12.3. The van der Waals surface area contributed by atoms with Gasteiger partial charge in [-0.2, -0.15) is 0 Å². The van der Waals surface area contributed by atoms with Crippen molar-refractivity contribution in [3.63, 3.8) is 0 Å². The number of rotatable bonds is 10. The van der Waals surface area contributed by atoms with E-state index in [0.717, 1.165) is 47.4 Å². The van der Waals surface area contributed by atoms with Crippen LogP contribution in [0.2, 0.25) is 10.0 Å². The summed E-state index contributed by atoms with van der Waals surface area (Å²) in [5.74, 6) is -0.714. The van der Waals surface area contributed by atoms with Crippen molar-refractivity contribution in [2.24, 2.45) is 0 Å². The van der Waals surface area contributed by atoms with Gasteiger partial charge in [-0.1, -0.05) is 67.2 Å². The number of benzene rings is 2. The summed E-state index contributed by atoms with van der Waals surface area (Å²) < 4.78 is 26.9. The van der Waals surface area contributed by atoms with Gasteiger partial charge in [-0.3, -0.25) is 13.9 Å². The lowest BCUT2D eigenvalue weighted by Gasteiger charge is -2.34. The van der Waals surface area contributed by atoms with Gasteiger partial charge in [0.25, 0.3) is 0 Å². The number of anilines is 1. The van der Waals surface area contributed by atoms with E-state index in [0.29, 0.717) is 27.7 Å². The van der Waals surface area contributed by atoms with Crippen molar-refractivity contribution in [2.75, 3.05) is 17.1 Å². The lowest BCUT2D eigenvalue weighted by molar-refractivity contribution is -0.140. The summed E-state index contributed by atoms with van der Waals surface area (Å²) in [7, 11) is -3.80. The molecule has 0 bridgehead atoms. The van der Waals surface area contributed by atoms with Crippen molar-refractivity contribution in [1.82, 2.24) is 10.2 Å². The molecule has 0 heterocycles. The van der Waals surface area contributed by atoms with Crippen LogP contribution in [0.1, 0.15) is 55.7 Å². The van der Waals surface area contributed by atoms with E-state index in [2.05, 4.69) is 5.32 Å². The van der Waals surface area contributed by atoms with Crippen LogP contribution in [0.5, 0.6) is 0 Å². The first-order valence-electron chi connectivity index (χ1n) is 12.5. The first-order chi connectivity index (χ1) is 17.4. The van der Waals surface area contributed by atoms with Crippen molar-refractivity contribution >= 4 is 50.7 Å². The van der Waals surface area contributed by atoms with Crippen molar-refractivity contribution in [3.05, 3.63) is 63.1 Å². The van der Waals surface area contributed by atoms with Crippen LogP contribution in [-0.2, 0) is 26.2 Å². The minimum absolute atomic E-state index is 0.0800. The molecule has 0 saturated heterocycles.